The molecule has 1 heterocycles. The molecular formula is C14H10Br2ClNO2. The highest BCUT2D eigenvalue weighted by Gasteiger charge is 2.16. The van der Waals surface area contributed by atoms with Crippen molar-refractivity contribution in [2.75, 3.05) is 12.1 Å². The molecule has 0 aliphatic carbocycles. The summed E-state index contributed by atoms with van der Waals surface area (Å²) in [5, 5.41) is 4.02. The predicted molar refractivity (Wildman–Crippen MR) is 86.7 cm³/mol. The van der Waals surface area contributed by atoms with Crippen molar-refractivity contribution in [2.24, 2.45) is 0 Å². The molecular weight excluding hydrogens is 409 g/mol. The molecule has 0 atom stereocenters. The summed E-state index contributed by atoms with van der Waals surface area (Å²) in [6.07, 6.45) is 0. The Balaban J connectivity index is 1.80. The lowest BCUT2D eigenvalue weighted by atomic mass is 10.2. The van der Waals surface area contributed by atoms with E-state index < -0.39 is 0 Å². The van der Waals surface area contributed by atoms with Crippen molar-refractivity contribution in [1.82, 2.24) is 0 Å². The second-order valence-corrected chi connectivity index (χ2v) is 6.31. The summed E-state index contributed by atoms with van der Waals surface area (Å²) in [6, 6.07) is 9.61. The zero-order chi connectivity index (χ0) is 14.1. The van der Waals surface area contributed by atoms with Crippen LogP contribution in [0.3, 0.4) is 0 Å². The van der Waals surface area contributed by atoms with Crippen LogP contribution in [0.4, 0.5) is 5.69 Å². The standard InChI is InChI=1S/C14H10Br2ClNO2/c15-9-5-13-12(19-7-20-13)4-8(9)6-18-11-3-1-2-10(17)14(11)16/h1-5,18H,6-7H2. The average Bonchev–Trinajstić information content (AvgIpc) is 2.87. The lowest BCUT2D eigenvalue weighted by Gasteiger charge is -2.11. The minimum atomic E-state index is 0.276. The molecule has 0 unspecified atom stereocenters. The number of hydrogen-bond donors (Lipinski definition) is 1. The predicted octanol–water partition coefficient (Wildman–Crippen LogP) is 5.21. The molecule has 0 saturated carbocycles. The number of benzene rings is 2. The zero-order valence-electron chi connectivity index (χ0n) is 10.3. The van der Waals surface area contributed by atoms with Gasteiger partial charge in [0.05, 0.1) is 15.2 Å². The van der Waals surface area contributed by atoms with Crippen LogP contribution in [0.1, 0.15) is 5.56 Å². The number of hydrogen-bond acceptors (Lipinski definition) is 3. The van der Waals surface area contributed by atoms with E-state index >= 15 is 0 Å². The van der Waals surface area contributed by atoms with Gasteiger partial charge in [-0.2, -0.15) is 0 Å². The summed E-state index contributed by atoms with van der Waals surface area (Å²) in [7, 11) is 0. The summed E-state index contributed by atoms with van der Waals surface area (Å²) < 4.78 is 12.6. The highest BCUT2D eigenvalue weighted by atomic mass is 79.9. The topological polar surface area (TPSA) is 30.5 Å². The molecule has 2 aromatic rings. The molecule has 0 aromatic heterocycles. The van der Waals surface area contributed by atoms with Crippen LogP contribution in [0.15, 0.2) is 39.3 Å². The fourth-order valence-corrected chi connectivity index (χ4v) is 2.97. The van der Waals surface area contributed by atoms with E-state index in [1.165, 1.54) is 0 Å². The zero-order valence-corrected chi connectivity index (χ0v) is 14.2. The van der Waals surface area contributed by atoms with Gasteiger partial charge < -0.3 is 14.8 Å². The molecule has 1 aliphatic heterocycles. The molecule has 0 bridgehead atoms. The molecule has 20 heavy (non-hydrogen) atoms. The van der Waals surface area contributed by atoms with Gasteiger partial charge in [0.1, 0.15) is 0 Å². The Morgan fingerprint density at radius 3 is 2.70 bits per heavy atom. The second kappa shape index (κ2) is 5.84. The normalized spacial score (nSPS) is 12.6. The maximum Gasteiger partial charge on any atom is 0.231 e. The number of anilines is 1. The largest absolute Gasteiger partial charge is 0.454 e. The maximum absolute atomic E-state index is 6.07. The van der Waals surface area contributed by atoms with Gasteiger partial charge >= 0.3 is 0 Å². The highest BCUT2D eigenvalue weighted by molar-refractivity contribution is 9.11. The SMILES string of the molecule is Clc1cccc(NCc2cc3c(cc2Br)OCO3)c1Br. The van der Waals surface area contributed by atoms with E-state index in [4.69, 9.17) is 21.1 Å². The van der Waals surface area contributed by atoms with Crippen molar-refractivity contribution in [3.63, 3.8) is 0 Å². The number of rotatable bonds is 3. The molecule has 1 N–H and O–H groups in total. The van der Waals surface area contributed by atoms with Gasteiger partial charge in [-0.1, -0.05) is 33.6 Å². The molecule has 0 amide bonds. The molecule has 2 aromatic carbocycles. The van der Waals surface area contributed by atoms with Gasteiger partial charge in [0, 0.05) is 11.0 Å². The first kappa shape index (κ1) is 14.0. The van der Waals surface area contributed by atoms with Crippen molar-refractivity contribution < 1.29 is 9.47 Å². The first-order chi connectivity index (χ1) is 9.65. The third-order valence-electron chi connectivity index (χ3n) is 2.96. The van der Waals surface area contributed by atoms with Crippen LogP contribution in [0.2, 0.25) is 5.02 Å². The van der Waals surface area contributed by atoms with Crippen molar-refractivity contribution >= 4 is 49.1 Å². The lowest BCUT2D eigenvalue weighted by molar-refractivity contribution is 0.174. The molecule has 3 nitrogen and oxygen atoms in total. The van der Waals surface area contributed by atoms with Crippen LogP contribution < -0.4 is 14.8 Å². The van der Waals surface area contributed by atoms with E-state index in [1.54, 1.807) is 0 Å². The molecule has 3 rings (SSSR count). The maximum atomic E-state index is 6.07. The van der Waals surface area contributed by atoms with E-state index in [9.17, 15) is 0 Å². The van der Waals surface area contributed by atoms with Crippen molar-refractivity contribution in [1.29, 1.82) is 0 Å². The average molecular weight is 420 g/mol. The van der Waals surface area contributed by atoms with E-state index in [0.717, 1.165) is 31.7 Å². The van der Waals surface area contributed by atoms with Gasteiger partial charge in [-0.15, -0.1) is 0 Å². The summed E-state index contributed by atoms with van der Waals surface area (Å²) in [6.45, 7) is 0.925. The van der Waals surface area contributed by atoms with Crippen LogP contribution >= 0.6 is 43.5 Å². The first-order valence-electron chi connectivity index (χ1n) is 5.91. The Bertz CT molecular complexity index is 664. The second-order valence-electron chi connectivity index (χ2n) is 4.25. The van der Waals surface area contributed by atoms with E-state index in [-0.39, 0.29) is 6.79 Å². The summed E-state index contributed by atoms with van der Waals surface area (Å²) in [5.41, 5.74) is 2.03. The van der Waals surface area contributed by atoms with Crippen LogP contribution in [-0.2, 0) is 6.54 Å². The van der Waals surface area contributed by atoms with Gasteiger partial charge in [-0.3, -0.25) is 0 Å². The lowest BCUT2D eigenvalue weighted by Crippen LogP contribution is -2.01. The number of ether oxygens (including phenoxy) is 2. The molecule has 0 spiro atoms. The van der Waals surface area contributed by atoms with Crippen LogP contribution in [0.25, 0.3) is 0 Å². The number of halogens is 3. The van der Waals surface area contributed by atoms with E-state index in [0.29, 0.717) is 11.6 Å². The first-order valence-corrected chi connectivity index (χ1v) is 7.87. The van der Waals surface area contributed by atoms with Crippen LogP contribution in [0, 0.1) is 0 Å². The van der Waals surface area contributed by atoms with E-state index in [1.807, 2.05) is 30.3 Å². The Hall–Kier alpha value is -0.910. The molecule has 1 aliphatic rings. The smallest absolute Gasteiger partial charge is 0.231 e. The molecule has 0 radical (unpaired) electrons. The van der Waals surface area contributed by atoms with Crippen molar-refractivity contribution in [3.8, 4) is 11.5 Å². The van der Waals surface area contributed by atoms with Crippen molar-refractivity contribution in [2.45, 2.75) is 6.54 Å². The molecule has 0 saturated heterocycles. The number of fused-ring (bicyclic) bond motifs is 1. The minimum Gasteiger partial charge on any atom is -0.454 e. The molecule has 104 valence electrons. The Labute approximate surface area is 138 Å². The Morgan fingerprint density at radius 2 is 1.90 bits per heavy atom. The van der Waals surface area contributed by atoms with E-state index in [2.05, 4.69) is 37.2 Å². The fraction of sp³-hybridized carbons (Fsp3) is 0.143. The van der Waals surface area contributed by atoms with Crippen LogP contribution in [-0.4, -0.2) is 6.79 Å². The molecule has 6 heteroatoms. The third-order valence-corrected chi connectivity index (χ3v) is 5.10. The fourth-order valence-electron chi connectivity index (χ4n) is 1.93. The highest BCUT2D eigenvalue weighted by Crippen LogP contribution is 2.37. The van der Waals surface area contributed by atoms with Gasteiger partial charge in [-0.25, -0.2) is 0 Å². The Morgan fingerprint density at radius 1 is 1.15 bits per heavy atom. The van der Waals surface area contributed by atoms with Crippen molar-refractivity contribution in [3.05, 3.63) is 49.9 Å². The summed E-state index contributed by atoms with van der Waals surface area (Å²) in [5.74, 6) is 1.54. The van der Waals surface area contributed by atoms with Gasteiger partial charge in [0.25, 0.3) is 0 Å². The van der Waals surface area contributed by atoms with Gasteiger partial charge in [-0.05, 0) is 45.8 Å². The minimum absolute atomic E-state index is 0.276. The van der Waals surface area contributed by atoms with Gasteiger partial charge in [0.15, 0.2) is 11.5 Å². The Kier molecular flexibility index (Phi) is 4.10. The van der Waals surface area contributed by atoms with Crippen LogP contribution in [0.5, 0.6) is 11.5 Å². The molecule has 0 fully saturated rings. The summed E-state index contributed by atoms with van der Waals surface area (Å²) >= 11 is 13.1. The third kappa shape index (κ3) is 2.75. The quantitative estimate of drug-likeness (QED) is 0.741. The summed E-state index contributed by atoms with van der Waals surface area (Å²) in [4.78, 5) is 0. The monoisotopic (exact) mass is 417 g/mol. The number of nitrogens with one attached hydrogen (secondary N) is 1. The van der Waals surface area contributed by atoms with Gasteiger partial charge in [0.2, 0.25) is 6.79 Å².